The quantitative estimate of drug-likeness (QED) is 0.798. The molecule has 142 valence electrons. The van der Waals surface area contributed by atoms with E-state index in [0.29, 0.717) is 6.42 Å². The van der Waals surface area contributed by atoms with Crippen molar-refractivity contribution in [2.45, 2.75) is 50.5 Å². The zero-order chi connectivity index (χ0) is 18.8. The predicted molar refractivity (Wildman–Crippen MR) is 97.3 cm³/mol. The highest BCUT2D eigenvalue weighted by Gasteiger charge is 2.38. The molecular formula is C20H27NO5. The summed E-state index contributed by atoms with van der Waals surface area (Å²) < 4.78 is 17.0. The average molecular weight is 361 g/mol. The number of nitrogens with one attached hydrogen (secondary N) is 1. The van der Waals surface area contributed by atoms with Crippen molar-refractivity contribution in [2.24, 2.45) is 0 Å². The minimum Gasteiger partial charge on any atom is -0.498 e. The van der Waals surface area contributed by atoms with E-state index in [4.69, 9.17) is 14.2 Å². The molecule has 6 nitrogen and oxygen atoms in total. The number of hydrogen-bond donors (Lipinski definition) is 2. The Morgan fingerprint density at radius 3 is 2.65 bits per heavy atom. The zero-order valence-electron chi connectivity index (χ0n) is 15.7. The highest BCUT2D eigenvalue weighted by Crippen LogP contribution is 2.43. The smallest absolute Gasteiger partial charge is 0.217 e. The van der Waals surface area contributed by atoms with E-state index in [-0.39, 0.29) is 24.2 Å². The molecule has 0 aromatic rings. The Bertz CT molecular complexity index is 703. The number of allylic oxidation sites excluding steroid dienone is 4. The Morgan fingerprint density at radius 1 is 1.27 bits per heavy atom. The van der Waals surface area contributed by atoms with E-state index in [0.717, 1.165) is 40.9 Å². The number of hydrogen-bond acceptors (Lipinski definition) is 5. The van der Waals surface area contributed by atoms with Gasteiger partial charge in [-0.25, -0.2) is 0 Å². The van der Waals surface area contributed by atoms with Crippen LogP contribution in [0, 0.1) is 0 Å². The predicted octanol–water partition coefficient (Wildman–Crippen LogP) is 1.77. The van der Waals surface area contributed by atoms with Crippen LogP contribution in [0.5, 0.6) is 0 Å². The molecule has 0 saturated carbocycles. The fourth-order valence-corrected chi connectivity index (χ4v) is 4.15. The third kappa shape index (κ3) is 3.37. The molecule has 26 heavy (non-hydrogen) atoms. The van der Waals surface area contributed by atoms with Crippen LogP contribution in [0.15, 0.2) is 46.3 Å². The highest BCUT2D eigenvalue weighted by molar-refractivity contribution is 5.74. The van der Waals surface area contributed by atoms with Gasteiger partial charge in [0.15, 0.2) is 0 Å². The first-order valence-corrected chi connectivity index (χ1v) is 8.91. The molecule has 0 aliphatic heterocycles. The number of aliphatic hydroxyl groups excluding tert-OH is 1. The lowest BCUT2D eigenvalue weighted by Crippen LogP contribution is -2.36. The van der Waals surface area contributed by atoms with Gasteiger partial charge in [0, 0.05) is 33.1 Å². The lowest BCUT2D eigenvalue weighted by Gasteiger charge is -2.33. The Balaban J connectivity index is 2.17. The average Bonchev–Trinajstić information content (AvgIpc) is 2.76. The van der Waals surface area contributed by atoms with E-state index in [2.05, 4.69) is 11.4 Å². The van der Waals surface area contributed by atoms with Crippen LogP contribution < -0.4 is 5.32 Å². The van der Waals surface area contributed by atoms with Crippen molar-refractivity contribution in [3.63, 3.8) is 0 Å². The van der Waals surface area contributed by atoms with Gasteiger partial charge in [0.25, 0.3) is 0 Å². The van der Waals surface area contributed by atoms with Crippen molar-refractivity contribution in [2.75, 3.05) is 21.3 Å². The Labute approximate surface area is 154 Å². The van der Waals surface area contributed by atoms with Gasteiger partial charge < -0.3 is 24.6 Å². The Morgan fingerprint density at radius 2 is 2.04 bits per heavy atom. The SMILES string of the molecule is COC1=C2C(=CC(OC)[C@@H]1OC)CCC(NC(C)=O)C1=C2C=CC(O)C1. The number of carbonyl (C=O) groups excluding carboxylic acids is 1. The molecule has 3 aliphatic carbocycles. The Hall–Kier alpha value is -1.89. The van der Waals surface area contributed by atoms with Gasteiger partial charge in [-0.3, -0.25) is 4.79 Å². The maximum Gasteiger partial charge on any atom is 0.217 e. The number of ether oxygens (including phenoxy) is 3. The molecule has 3 unspecified atom stereocenters. The van der Waals surface area contributed by atoms with E-state index in [9.17, 15) is 9.90 Å². The summed E-state index contributed by atoms with van der Waals surface area (Å²) in [7, 11) is 4.94. The molecule has 3 aliphatic rings. The van der Waals surface area contributed by atoms with Gasteiger partial charge in [0.05, 0.1) is 19.3 Å². The van der Waals surface area contributed by atoms with E-state index in [1.807, 2.05) is 6.08 Å². The maximum absolute atomic E-state index is 11.7. The van der Waals surface area contributed by atoms with E-state index < -0.39 is 6.10 Å². The van der Waals surface area contributed by atoms with Crippen molar-refractivity contribution >= 4 is 5.91 Å². The van der Waals surface area contributed by atoms with Crippen molar-refractivity contribution in [3.8, 4) is 0 Å². The summed E-state index contributed by atoms with van der Waals surface area (Å²) in [4.78, 5) is 11.7. The van der Waals surface area contributed by atoms with Gasteiger partial charge in [-0.05, 0) is 35.6 Å². The summed E-state index contributed by atoms with van der Waals surface area (Å²) in [6.07, 6.45) is 6.74. The molecule has 0 saturated heterocycles. The van der Waals surface area contributed by atoms with Gasteiger partial charge in [0.1, 0.15) is 18.0 Å². The maximum atomic E-state index is 11.7. The first-order chi connectivity index (χ1) is 12.5. The summed E-state index contributed by atoms with van der Waals surface area (Å²) in [5.41, 5.74) is 4.17. The van der Waals surface area contributed by atoms with E-state index in [1.54, 1.807) is 27.4 Å². The van der Waals surface area contributed by atoms with Crippen LogP contribution in [0.25, 0.3) is 0 Å². The number of methoxy groups -OCH3 is 3. The third-order valence-corrected chi connectivity index (χ3v) is 5.27. The molecule has 1 amide bonds. The standard InChI is InChI=1S/C20H27NO5/c1-11(22)21-16-8-5-12-9-17(24-2)19(25-3)20(26-4)18(12)14-7-6-13(23)10-15(14)16/h6-7,9,13,16-17,19,23H,5,8,10H2,1-4H3,(H,21,22)/t13?,16?,17?,19-/m0/s1. The molecule has 0 bridgehead atoms. The monoisotopic (exact) mass is 361 g/mol. The fourth-order valence-electron chi connectivity index (χ4n) is 4.15. The second kappa shape index (κ2) is 7.78. The molecule has 2 N–H and O–H groups in total. The van der Waals surface area contributed by atoms with Gasteiger partial charge in [-0.2, -0.15) is 0 Å². The zero-order valence-corrected chi connectivity index (χ0v) is 15.7. The molecule has 0 fully saturated rings. The van der Waals surface area contributed by atoms with E-state index in [1.165, 1.54) is 6.92 Å². The first-order valence-electron chi connectivity index (χ1n) is 8.91. The molecule has 4 atom stereocenters. The fraction of sp³-hybridized carbons (Fsp3) is 0.550. The normalized spacial score (nSPS) is 31.0. The van der Waals surface area contributed by atoms with Crippen molar-refractivity contribution in [1.82, 2.24) is 5.32 Å². The van der Waals surface area contributed by atoms with Crippen molar-refractivity contribution in [3.05, 3.63) is 46.3 Å². The van der Waals surface area contributed by atoms with Crippen LogP contribution in [0.2, 0.25) is 0 Å². The Kier molecular flexibility index (Phi) is 5.65. The molecule has 0 aromatic heterocycles. The lowest BCUT2D eigenvalue weighted by molar-refractivity contribution is -0.119. The first kappa shape index (κ1) is 18.9. The molecule has 0 heterocycles. The minimum absolute atomic E-state index is 0.0739. The number of carbonyl (C=O) groups is 1. The second-order valence-electron chi connectivity index (χ2n) is 6.85. The summed E-state index contributed by atoms with van der Waals surface area (Å²) >= 11 is 0. The van der Waals surface area contributed by atoms with Crippen LogP contribution in [-0.2, 0) is 19.0 Å². The highest BCUT2D eigenvalue weighted by atomic mass is 16.6. The summed E-state index contributed by atoms with van der Waals surface area (Å²) in [6, 6.07) is -0.110. The number of fused-ring (bicyclic) bond motifs is 2. The largest absolute Gasteiger partial charge is 0.498 e. The van der Waals surface area contributed by atoms with Crippen LogP contribution in [0.4, 0.5) is 0 Å². The summed E-state index contributed by atoms with van der Waals surface area (Å²) in [5, 5.41) is 13.2. The third-order valence-electron chi connectivity index (χ3n) is 5.27. The topological polar surface area (TPSA) is 77.0 Å². The molecule has 0 radical (unpaired) electrons. The summed E-state index contributed by atoms with van der Waals surface area (Å²) in [6.45, 7) is 1.52. The second-order valence-corrected chi connectivity index (χ2v) is 6.85. The van der Waals surface area contributed by atoms with Crippen molar-refractivity contribution < 1.29 is 24.1 Å². The van der Waals surface area contributed by atoms with Crippen molar-refractivity contribution in [1.29, 1.82) is 0 Å². The molecule has 3 rings (SSSR count). The van der Waals surface area contributed by atoms with E-state index >= 15 is 0 Å². The summed E-state index contributed by atoms with van der Waals surface area (Å²) in [5.74, 6) is 0.657. The van der Waals surface area contributed by atoms with Gasteiger partial charge >= 0.3 is 0 Å². The molecular weight excluding hydrogens is 334 g/mol. The van der Waals surface area contributed by atoms with Gasteiger partial charge in [0.2, 0.25) is 5.91 Å². The molecule has 6 heteroatoms. The van der Waals surface area contributed by atoms with Gasteiger partial charge in [-0.15, -0.1) is 0 Å². The number of aliphatic hydroxyl groups is 1. The molecule has 0 aromatic carbocycles. The van der Waals surface area contributed by atoms with Gasteiger partial charge in [-0.1, -0.05) is 12.2 Å². The van der Waals surface area contributed by atoms with Crippen LogP contribution in [-0.4, -0.2) is 56.7 Å². The molecule has 0 spiro atoms. The van der Waals surface area contributed by atoms with Crippen LogP contribution in [0.1, 0.15) is 26.2 Å². The lowest BCUT2D eigenvalue weighted by atomic mass is 9.82. The van der Waals surface area contributed by atoms with Crippen LogP contribution >= 0.6 is 0 Å². The minimum atomic E-state index is -0.546. The number of rotatable bonds is 4. The number of amides is 1. The van der Waals surface area contributed by atoms with Crippen LogP contribution in [0.3, 0.4) is 0 Å².